The summed E-state index contributed by atoms with van der Waals surface area (Å²) in [5, 5.41) is 7.22. The molecule has 5 aromatic rings. The van der Waals surface area contributed by atoms with Gasteiger partial charge in [0.2, 0.25) is 5.88 Å². The molecular formula is C38H38FN5O3S. The third kappa shape index (κ3) is 5.69. The van der Waals surface area contributed by atoms with Gasteiger partial charge in [0, 0.05) is 13.0 Å². The first-order valence-electron chi connectivity index (χ1n) is 16.4. The Labute approximate surface area is 280 Å². The molecule has 0 saturated heterocycles. The van der Waals surface area contributed by atoms with Gasteiger partial charge in [0.05, 0.1) is 18.5 Å². The summed E-state index contributed by atoms with van der Waals surface area (Å²) in [5.74, 6) is -0.284. The van der Waals surface area contributed by atoms with E-state index in [2.05, 4.69) is 19.5 Å². The molecule has 0 fully saturated rings. The second kappa shape index (κ2) is 13.0. The number of aromatic nitrogens is 2. The quantitative estimate of drug-likeness (QED) is 0.165. The summed E-state index contributed by atoms with van der Waals surface area (Å²) < 4.78 is 47.3. The van der Waals surface area contributed by atoms with Crippen molar-refractivity contribution >= 4 is 21.6 Å². The summed E-state index contributed by atoms with van der Waals surface area (Å²) in [5.41, 5.74) is 3.50. The highest BCUT2D eigenvalue weighted by molar-refractivity contribution is 7.92. The van der Waals surface area contributed by atoms with E-state index in [4.69, 9.17) is 4.74 Å². The lowest BCUT2D eigenvalue weighted by Crippen LogP contribution is -2.48. The number of aryl methyl sites for hydroxylation is 2. The Morgan fingerprint density at radius 1 is 0.938 bits per heavy atom. The number of ether oxygens (including phenoxy) is 1. The number of amides is 2. The molecule has 2 amide bonds. The van der Waals surface area contributed by atoms with E-state index in [1.54, 1.807) is 4.68 Å². The molecule has 0 spiro atoms. The fourth-order valence-corrected chi connectivity index (χ4v) is 8.74. The fourth-order valence-electron chi connectivity index (χ4n) is 6.85. The smallest absolute Gasteiger partial charge is 0.354 e. The molecule has 0 radical (unpaired) electrons. The number of carbonyl (C=O) groups is 1. The maximum absolute atomic E-state index is 16.0. The minimum Gasteiger partial charge on any atom is -0.477 e. The number of hydrogen-bond acceptors (Lipinski definition) is 4. The summed E-state index contributed by atoms with van der Waals surface area (Å²) in [4.78, 5) is 14.2. The molecule has 1 aromatic heterocycles. The van der Waals surface area contributed by atoms with Crippen molar-refractivity contribution < 1.29 is 18.1 Å². The largest absolute Gasteiger partial charge is 0.477 e. The van der Waals surface area contributed by atoms with Crippen molar-refractivity contribution in [1.29, 1.82) is 0 Å². The Morgan fingerprint density at radius 2 is 1.54 bits per heavy atom. The molecule has 1 atom stereocenters. The van der Waals surface area contributed by atoms with Crippen LogP contribution in [0.15, 0.2) is 113 Å². The maximum Gasteiger partial charge on any atom is 0.354 e. The summed E-state index contributed by atoms with van der Waals surface area (Å²) >= 11 is 0. The van der Waals surface area contributed by atoms with Crippen LogP contribution in [-0.2, 0) is 34.8 Å². The van der Waals surface area contributed by atoms with Gasteiger partial charge in [-0.3, -0.25) is 0 Å². The van der Waals surface area contributed by atoms with Crippen molar-refractivity contribution in [3.05, 3.63) is 142 Å². The molecule has 246 valence electrons. The minimum absolute atomic E-state index is 0.0892. The lowest BCUT2D eigenvalue weighted by Gasteiger charge is -2.37. The molecule has 48 heavy (non-hydrogen) atoms. The Morgan fingerprint density at radius 3 is 2.12 bits per heavy atom. The van der Waals surface area contributed by atoms with E-state index in [9.17, 15) is 4.79 Å². The standard InChI is InChI=1S/C38H38FN5O3S/c1-26(2)32-24-27-14-12-21-31(27)35(34(32)39)41-37(45)42-48(46,33-25-40-44-22-13-23-47-36(33)44)43-38(28-15-6-3-7-16-28,29-17-8-4-9-18-29)30-19-10-5-11-20-30/h3-11,15-20,24-26H,12-14,21-23H2,1-2H3,(H2,41,42,43,45,46). The third-order valence-corrected chi connectivity index (χ3v) is 11.0. The van der Waals surface area contributed by atoms with Crippen LogP contribution in [0.5, 0.6) is 5.88 Å². The number of nitrogens with zero attached hydrogens (tertiary/aromatic N) is 3. The molecule has 10 heteroatoms. The first kappa shape index (κ1) is 31.8. The fraction of sp³-hybridized carbons (Fsp3) is 0.263. The second-order valence-corrected chi connectivity index (χ2v) is 14.4. The molecule has 4 aromatic carbocycles. The predicted octanol–water partition coefficient (Wildman–Crippen LogP) is 7.97. The molecule has 7 rings (SSSR count). The lowest BCUT2D eigenvalue weighted by molar-refractivity contribution is 0.224. The van der Waals surface area contributed by atoms with E-state index in [1.807, 2.05) is 111 Å². The van der Waals surface area contributed by atoms with Gasteiger partial charge in [-0.2, -0.15) is 5.10 Å². The van der Waals surface area contributed by atoms with Crippen LogP contribution in [0.1, 0.15) is 66.0 Å². The van der Waals surface area contributed by atoms with Gasteiger partial charge in [0.15, 0.2) is 15.7 Å². The van der Waals surface area contributed by atoms with Crippen molar-refractivity contribution in [3.63, 3.8) is 0 Å². The first-order valence-corrected chi connectivity index (χ1v) is 17.9. The number of halogens is 1. The molecule has 2 heterocycles. The Balaban J connectivity index is 1.45. The predicted molar refractivity (Wildman–Crippen MR) is 185 cm³/mol. The van der Waals surface area contributed by atoms with Gasteiger partial charge in [-0.25, -0.2) is 22.8 Å². The topological polar surface area (TPSA) is 97.6 Å². The van der Waals surface area contributed by atoms with Gasteiger partial charge < -0.3 is 10.1 Å². The number of rotatable bonds is 8. The average molecular weight is 664 g/mol. The van der Waals surface area contributed by atoms with Crippen LogP contribution in [0.4, 0.5) is 14.9 Å². The Hall–Kier alpha value is -4.80. The SMILES string of the molecule is CC(C)c1cc2c(c(NC(=O)N=S(=O)(NC(c3ccccc3)(c3ccccc3)c3ccccc3)c3cnn4c3OCCC4)c1F)CCC2. The van der Waals surface area contributed by atoms with E-state index >= 15 is 8.60 Å². The summed E-state index contributed by atoms with van der Waals surface area (Å²) in [6.45, 7) is 4.82. The molecule has 2 aliphatic rings. The number of nitrogens with one attached hydrogen (secondary N) is 2. The van der Waals surface area contributed by atoms with E-state index in [0.717, 1.165) is 47.1 Å². The summed E-state index contributed by atoms with van der Waals surface area (Å²) in [6, 6.07) is 29.9. The molecule has 2 N–H and O–H groups in total. The highest BCUT2D eigenvalue weighted by Crippen LogP contribution is 2.41. The number of hydrogen-bond donors (Lipinski definition) is 2. The van der Waals surface area contributed by atoms with Crippen molar-refractivity contribution in [2.45, 2.75) is 62.4 Å². The highest BCUT2D eigenvalue weighted by atomic mass is 32.2. The first-order chi connectivity index (χ1) is 23.3. The molecule has 1 unspecified atom stereocenters. The van der Waals surface area contributed by atoms with E-state index in [-0.39, 0.29) is 22.4 Å². The number of carbonyl (C=O) groups excluding carboxylic acids is 1. The van der Waals surface area contributed by atoms with Crippen LogP contribution >= 0.6 is 0 Å². The number of urea groups is 1. The molecule has 0 bridgehead atoms. The third-order valence-electron chi connectivity index (χ3n) is 9.15. The van der Waals surface area contributed by atoms with Crippen molar-refractivity contribution in [1.82, 2.24) is 14.5 Å². The summed E-state index contributed by atoms with van der Waals surface area (Å²) in [6.07, 6.45) is 4.50. The van der Waals surface area contributed by atoms with Crippen LogP contribution in [0, 0.1) is 5.82 Å². The van der Waals surface area contributed by atoms with Crippen molar-refractivity contribution in [2.24, 2.45) is 4.36 Å². The average Bonchev–Trinajstić information content (AvgIpc) is 3.77. The van der Waals surface area contributed by atoms with Gasteiger partial charge in [-0.15, -0.1) is 4.36 Å². The van der Waals surface area contributed by atoms with Crippen LogP contribution in [0.2, 0.25) is 0 Å². The zero-order valence-electron chi connectivity index (χ0n) is 27.0. The molecular weight excluding hydrogens is 626 g/mol. The molecule has 0 saturated carbocycles. The minimum atomic E-state index is -3.91. The number of fused-ring (bicyclic) bond motifs is 2. The Bertz CT molecular complexity index is 1980. The van der Waals surface area contributed by atoms with Crippen LogP contribution in [0.3, 0.4) is 0 Å². The van der Waals surface area contributed by atoms with Gasteiger partial charge in [-0.05, 0) is 58.6 Å². The number of anilines is 1. The lowest BCUT2D eigenvalue weighted by atomic mass is 9.78. The number of benzene rings is 4. The normalized spacial score (nSPS) is 15.2. The van der Waals surface area contributed by atoms with E-state index < -0.39 is 27.3 Å². The van der Waals surface area contributed by atoms with Crippen LogP contribution in [-0.4, -0.2) is 26.6 Å². The van der Waals surface area contributed by atoms with E-state index in [0.29, 0.717) is 25.1 Å². The maximum atomic E-state index is 16.0. The van der Waals surface area contributed by atoms with Crippen molar-refractivity contribution in [3.8, 4) is 5.88 Å². The highest BCUT2D eigenvalue weighted by Gasteiger charge is 2.42. The van der Waals surface area contributed by atoms with Crippen molar-refractivity contribution in [2.75, 3.05) is 11.9 Å². The van der Waals surface area contributed by atoms with Gasteiger partial charge in [0.25, 0.3) is 0 Å². The Kier molecular flexibility index (Phi) is 8.61. The van der Waals surface area contributed by atoms with Gasteiger partial charge in [0.1, 0.15) is 10.4 Å². The monoisotopic (exact) mass is 663 g/mol. The molecule has 8 nitrogen and oxygen atoms in total. The zero-order valence-corrected chi connectivity index (χ0v) is 27.8. The van der Waals surface area contributed by atoms with Gasteiger partial charge in [-0.1, -0.05) is 111 Å². The van der Waals surface area contributed by atoms with Gasteiger partial charge >= 0.3 is 6.03 Å². The second-order valence-electron chi connectivity index (χ2n) is 12.5. The molecule has 1 aliphatic heterocycles. The zero-order chi connectivity index (χ0) is 33.3. The van der Waals surface area contributed by atoms with E-state index in [1.165, 1.54) is 6.20 Å². The van der Waals surface area contributed by atoms with Crippen LogP contribution in [0.25, 0.3) is 0 Å². The van der Waals surface area contributed by atoms with Crippen LogP contribution < -0.4 is 14.8 Å². The molecule has 1 aliphatic carbocycles. The summed E-state index contributed by atoms with van der Waals surface area (Å²) in [7, 11) is -3.91.